The Balaban J connectivity index is 4.24. The number of amides is 1. The lowest BCUT2D eigenvalue weighted by molar-refractivity contribution is -0.123. The van der Waals surface area contributed by atoms with E-state index in [9.17, 15) is 19.4 Å². The first kappa shape index (κ1) is 54.9. The van der Waals surface area contributed by atoms with Gasteiger partial charge in [0.15, 0.2) is 0 Å². The fourth-order valence-corrected chi connectivity index (χ4v) is 7.09. The topological polar surface area (TPSA) is 131 Å². The molecule has 0 aliphatic carbocycles. The quantitative estimate of drug-likeness (QED) is 0.0274. The van der Waals surface area contributed by atoms with Crippen LogP contribution >= 0.6 is 7.82 Å². The summed E-state index contributed by atoms with van der Waals surface area (Å²) >= 11 is 0. The number of unbranched alkanes of at least 4 members (excludes halogenated alkanes) is 20. The highest BCUT2D eigenvalue weighted by Gasteiger charge is 2.26. The van der Waals surface area contributed by atoms with Gasteiger partial charge < -0.3 is 21.1 Å². The average Bonchev–Trinajstić information content (AvgIpc) is 3.20. The summed E-state index contributed by atoms with van der Waals surface area (Å²) in [5.41, 5.74) is 5.38. The molecule has 0 saturated carbocycles. The monoisotopic (exact) mass is 819 g/mol. The van der Waals surface area contributed by atoms with E-state index in [1.807, 2.05) is 6.08 Å². The molecule has 0 fully saturated rings. The largest absolute Gasteiger partial charge is 0.472 e. The summed E-state index contributed by atoms with van der Waals surface area (Å²) in [6, 6.07) is -0.875. The molecule has 330 valence electrons. The second kappa shape index (κ2) is 43.5. The van der Waals surface area contributed by atoms with E-state index in [2.05, 4.69) is 79.9 Å². The number of hydrogen-bond acceptors (Lipinski definition) is 6. The molecule has 0 aliphatic rings. The summed E-state index contributed by atoms with van der Waals surface area (Å²) in [5.74, 6) is -0.215. The molecule has 0 aliphatic heterocycles. The smallest absolute Gasteiger partial charge is 0.387 e. The molecule has 1 amide bonds. The Kier molecular flexibility index (Phi) is 41.9. The molecule has 0 aromatic carbocycles. The number of carbonyl (C=O) groups is 1. The number of aliphatic hydroxyl groups is 1. The van der Waals surface area contributed by atoms with Crippen LogP contribution in [-0.2, 0) is 18.4 Å². The van der Waals surface area contributed by atoms with E-state index >= 15 is 0 Å². The molecule has 57 heavy (non-hydrogen) atoms. The van der Waals surface area contributed by atoms with Crippen molar-refractivity contribution in [3.8, 4) is 0 Å². The lowest BCUT2D eigenvalue weighted by Crippen LogP contribution is -2.45. The minimum absolute atomic E-state index is 0.0716. The molecular formula is C48H87N2O6P. The number of nitrogens with one attached hydrogen (secondary N) is 1. The van der Waals surface area contributed by atoms with Crippen LogP contribution < -0.4 is 11.1 Å². The van der Waals surface area contributed by atoms with Gasteiger partial charge in [-0.2, -0.15) is 0 Å². The zero-order chi connectivity index (χ0) is 41.8. The van der Waals surface area contributed by atoms with Gasteiger partial charge >= 0.3 is 7.82 Å². The minimum Gasteiger partial charge on any atom is -0.387 e. The molecule has 8 nitrogen and oxygen atoms in total. The SMILES string of the molecule is CC/C=C\C/C=C\C/C=C\C/C=C\C/C=C\CCCCCCCC(=O)NC(COP(=O)(O)OCCN)C(O)/C=C/CCCCCCCCCCCCCCCCC. The highest BCUT2D eigenvalue weighted by molar-refractivity contribution is 7.47. The van der Waals surface area contributed by atoms with Crippen LogP contribution in [0, 0.1) is 0 Å². The lowest BCUT2D eigenvalue weighted by Gasteiger charge is -2.23. The Bertz CT molecular complexity index is 1120. The number of phosphoric acid groups is 1. The third-order valence-corrected chi connectivity index (χ3v) is 10.8. The van der Waals surface area contributed by atoms with Crippen LogP contribution in [0.4, 0.5) is 0 Å². The summed E-state index contributed by atoms with van der Waals surface area (Å²) in [4.78, 5) is 22.7. The predicted molar refractivity (Wildman–Crippen MR) is 244 cm³/mol. The van der Waals surface area contributed by atoms with Crippen molar-refractivity contribution in [3.05, 3.63) is 72.9 Å². The standard InChI is InChI=1S/C48H87N2O6P/c1-3-5-7-9-11-13-15-17-19-21-22-23-24-26-28-30-32-34-36-38-40-42-48(52)50-46(45-56-57(53,54)55-44-43-49)47(51)41-39-37-35-33-31-29-27-25-20-18-16-14-12-10-8-6-4-2/h5,7,11,13,17,19,22-23,26,28,39,41,46-47,51H,3-4,6,8-10,12,14-16,18,20-21,24-25,27,29-38,40,42-45,49H2,1-2H3,(H,50,52)(H,53,54)/b7-5-,13-11-,19-17-,23-22-,28-26-,41-39+. The molecule has 0 rings (SSSR count). The Labute approximate surface area is 350 Å². The molecule has 0 radical (unpaired) electrons. The van der Waals surface area contributed by atoms with Gasteiger partial charge in [0.1, 0.15) is 0 Å². The van der Waals surface area contributed by atoms with Crippen molar-refractivity contribution >= 4 is 13.7 Å². The van der Waals surface area contributed by atoms with Crippen molar-refractivity contribution in [1.29, 1.82) is 0 Å². The average molecular weight is 819 g/mol. The number of aliphatic hydroxyl groups excluding tert-OH is 1. The number of phosphoric ester groups is 1. The summed E-state index contributed by atoms with van der Waals surface area (Å²) in [5, 5.41) is 13.7. The minimum atomic E-state index is -4.35. The number of hydrogen-bond donors (Lipinski definition) is 4. The van der Waals surface area contributed by atoms with Gasteiger partial charge in [-0.3, -0.25) is 13.8 Å². The van der Waals surface area contributed by atoms with Gasteiger partial charge in [0, 0.05) is 13.0 Å². The van der Waals surface area contributed by atoms with Crippen molar-refractivity contribution in [2.75, 3.05) is 19.8 Å². The van der Waals surface area contributed by atoms with Gasteiger partial charge in [-0.15, -0.1) is 0 Å². The van der Waals surface area contributed by atoms with Gasteiger partial charge in [0.05, 0.1) is 25.4 Å². The third kappa shape index (κ3) is 41.9. The van der Waals surface area contributed by atoms with Crippen LogP contribution in [0.1, 0.15) is 194 Å². The molecule has 9 heteroatoms. The predicted octanol–water partition coefficient (Wildman–Crippen LogP) is 13.2. The number of allylic oxidation sites excluding steroid dienone is 11. The molecule has 0 spiro atoms. The summed E-state index contributed by atoms with van der Waals surface area (Å²) < 4.78 is 22.2. The van der Waals surface area contributed by atoms with E-state index in [0.29, 0.717) is 6.42 Å². The second-order valence-corrected chi connectivity index (χ2v) is 16.7. The van der Waals surface area contributed by atoms with Gasteiger partial charge in [-0.05, 0) is 64.2 Å². The zero-order valence-electron chi connectivity index (χ0n) is 36.6. The molecule has 3 atom stereocenters. The first-order valence-electron chi connectivity index (χ1n) is 23.1. The van der Waals surface area contributed by atoms with E-state index < -0.39 is 20.0 Å². The Morgan fingerprint density at radius 2 is 1.02 bits per heavy atom. The van der Waals surface area contributed by atoms with Gasteiger partial charge in [0.2, 0.25) is 5.91 Å². The second-order valence-electron chi connectivity index (χ2n) is 15.2. The Morgan fingerprint density at radius 1 is 0.596 bits per heavy atom. The fraction of sp³-hybridized carbons (Fsp3) is 0.729. The van der Waals surface area contributed by atoms with E-state index in [0.717, 1.165) is 89.9 Å². The van der Waals surface area contributed by atoms with Crippen LogP contribution in [0.25, 0.3) is 0 Å². The fourth-order valence-electron chi connectivity index (χ4n) is 6.33. The summed E-state index contributed by atoms with van der Waals surface area (Å²) in [7, 11) is -4.35. The summed E-state index contributed by atoms with van der Waals surface area (Å²) in [6.07, 6.45) is 56.6. The maximum absolute atomic E-state index is 12.8. The third-order valence-electron chi connectivity index (χ3n) is 9.79. The summed E-state index contributed by atoms with van der Waals surface area (Å²) in [6.45, 7) is 4.00. The molecule has 0 bridgehead atoms. The van der Waals surface area contributed by atoms with Crippen molar-refractivity contribution in [2.45, 2.75) is 206 Å². The van der Waals surface area contributed by atoms with Crippen LogP contribution in [0.5, 0.6) is 0 Å². The maximum Gasteiger partial charge on any atom is 0.472 e. The van der Waals surface area contributed by atoms with Crippen LogP contribution in [-0.4, -0.2) is 47.8 Å². The number of nitrogens with two attached hydrogens (primary N) is 1. The van der Waals surface area contributed by atoms with Crippen molar-refractivity contribution in [2.24, 2.45) is 5.73 Å². The highest BCUT2D eigenvalue weighted by atomic mass is 31.2. The first-order valence-corrected chi connectivity index (χ1v) is 24.6. The van der Waals surface area contributed by atoms with E-state index in [1.165, 1.54) is 83.5 Å². The highest BCUT2D eigenvalue weighted by Crippen LogP contribution is 2.43. The van der Waals surface area contributed by atoms with Crippen molar-refractivity contribution < 1.29 is 28.4 Å². The molecule has 5 N–H and O–H groups in total. The lowest BCUT2D eigenvalue weighted by atomic mass is 10.0. The van der Waals surface area contributed by atoms with Gasteiger partial charge in [0.25, 0.3) is 0 Å². The molecule has 3 unspecified atom stereocenters. The number of carbonyl (C=O) groups excluding carboxylic acids is 1. The van der Waals surface area contributed by atoms with E-state index in [-0.39, 0.29) is 25.7 Å². The molecule has 0 heterocycles. The maximum atomic E-state index is 12.8. The van der Waals surface area contributed by atoms with Crippen LogP contribution in [0.3, 0.4) is 0 Å². The van der Waals surface area contributed by atoms with E-state index in [4.69, 9.17) is 14.8 Å². The first-order chi connectivity index (χ1) is 27.9. The molecule has 0 saturated heterocycles. The van der Waals surface area contributed by atoms with Crippen LogP contribution in [0.15, 0.2) is 72.9 Å². The Morgan fingerprint density at radius 3 is 1.49 bits per heavy atom. The molecular weight excluding hydrogens is 732 g/mol. The normalized spacial score (nSPS) is 14.7. The molecule has 0 aromatic rings. The van der Waals surface area contributed by atoms with E-state index in [1.54, 1.807) is 6.08 Å². The zero-order valence-corrected chi connectivity index (χ0v) is 37.4. The van der Waals surface area contributed by atoms with Gasteiger partial charge in [-0.1, -0.05) is 196 Å². The molecule has 0 aromatic heterocycles. The van der Waals surface area contributed by atoms with Crippen molar-refractivity contribution in [3.63, 3.8) is 0 Å². The van der Waals surface area contributed by atoms with Crippen LogP contribution in [0.2, 0.25) is 0 Å². The Hall–Kier alpha value is -2.06. The van der Waals surface area contributed by atoms with Gasteiger partial charge in [-0.25, -0.2) is 4.57 Å². The number of rotatable bonds is 42. The van der Waals surface area contributed by atoms with Crippen molar-refractivity contribution in [1.82, 2.24) is 5.32 Å².